The summed E-state index contributed by atoms with van der Waals surface area (Å²) in [5.41, 5.74) is 2.55. The maximum atomic E-state index is 13.4. The number of carbonyl (C=O) groups excluding carboxylic acids is 1. The lowest BCUT2D eigenvalue weighted by Gasteiger charge is -2.33. The van der Waals surface area contributed by atoms with Crippen LogP contribution in [0.5, 0.6) is 0 Å². The standard InChI is InChI=1S/C22H21N7O2/c1-28-14-17(13-25-28)15-6-4-7-16(12-15)22(30)29-11-3-2-8-18(29)21-26-20(27-31-21)19-23-9-5-10-24-19/h4-7,9-10,12-14,18H,2-3,8,11H2,1H3. The number of nitrogens with zero attached hydrogens (tertiary/aromatic N) is 7. The number of carbonyl (C=O) groups is 1. The Bertz CT molecular complexity index is 1200. The van der Waals surface area contributed by atoms with E-state index in [4.69, 9.17) is 4.52 Å². The van der Waals surface area contributed by atoms with Gasteiger partial charge in [-0.1, -0.05) is 17.3 Å². The van der Waals surface area contributed by atoms with Crippen molar-refractivity contribution < 1.29 is 9.32 Å². The second-order valence-corrected chi connectivity index (χ2v) is 7.52. The highest BCUT2D eigenvalue weighted by Crippen LogP contribution is 2.32. The lowest BCUT2D eigenvalue weighted by Crippen LogP contribution is -2.38. The van der Waals surface area contributed by atoms with Crippen LogP contribution in [-0.4, -0.2) is 47.2 Å². The minimum absolute atomic E-state index is 0.0499. The van der Waals surface area contributed by atoms with E-state index in [2.05, 4.69) is 25.2 Å². The van der Waals surface area contributed by atoms with Gasteiger partial charge in [-0.2, -0.15) is 10.1 Å². The van der Waals surface area contributed by atoms with Gasteiger partial charge in [-0.3, -0.25) is 9.48 Å². The van der Waals surface area contributed by atoms with Crippen LogP contribution in [0.15, 0.2) is 59.6 Å². The van der Waals surface area contributed by atoms with Gasteiger partial charge in [0.15, 0.2) is 0 Å². The van der Waals surface area contributed by atoms with E-state index in [9.17, 15) is 4.79 Å². The van der Waals surface area contributed by atoms with Gasteiger partial charge < -0.3 is 9.42 Å². The molecule has 3 aromatic heterocycles. The highest BCUT2D eigenvalue weighted by molar-refractivity contribution is 5.95. The van der Waals surface area contributed by atoms with E-state index >= 15 is 0 Å². The van der Waals surface area contributed by atoms with Crippen molar-refractivity contribution in [2.24, 2.45) is 7.05 Å². The molecule has 1 fully saturated rings. The van der Waals surface area contributed by atoms with Crippen LogP contribution in [0.1, 0.15) is 41.6 Å². The molecule has 0 aliphatic carbocycles. The molecule has 9 heteroatoms. The van der Waals surface area contributed by atoms with E-state index in [0.29, 0.717) is 29.6 Å². The zero-order valence-electron chi connectivity index (χ0n) is 17.0. The van der Waals surface area contributed by atoms with Gasteiger partial charge >= 0.3 is 0 Å². The number of piperidine rings is 1. The van der Waals surface area contributed by atoms with Crippen molar-refractivity contribution in [3.63, 3.8) is 0 Å². The Kier molecular flexibility index (Phi) is 4.99. The van der Waals surface area contributed by atoms with Crippen LogP contribution in [0, 0.1) is 0 Å². The van der Waals surface area contributed by atoms with E-state index < -0.39 is 0 Å². The number of hydrogen-bond donors (Lipinski definition) is 0. The monoisotopic (exact) mass is 415 g/mol. The summed E-state index contributed by atoms with van der Waals surface area (Å²) in [5, 5.41) is 8.25. The van der Waals surface area contributed by atoms with Gasteiger partial charge in [0, 0.05) is 43.3 Å². The molecule has 0 saturated carbocycles. The van der Waals surface area contributed by atoms with E-state index in [1.807, 2.05) is 42.4 Å². The third-order valence-corrected chi connectivity index (χ3v) is 5.40. The molecule has 4 aromatic rings. The SMILES string of the molecule is Cn1cc(-c2cccc(C(=O)N3CCCCC3c3nc(-c4ncccn4)no3)c2)cn1. The minimum atomic E-state index is -0.270. The fraction of sp³-hybridized carbons (Fsp3) is 0.273. The topological polar surface area (TPSA) is 103 Å². The number of likely N-dealkylation sites (tertiary alicyclic amines) is 1. The number of amides is 1. The summed E-state index contributed by atoms with van der Waals surface area (Å²) >= 11 is 0. The molecule has 1 amide bonds. The molecule has 4 heterocycles. The Morgan fingerprint density at radius 3 is 2.77 bits per heavy atom. The summed E-state index contributed by atoms with van der Waals surface area (Å²) in [6, 6.07) is 9.07. The third kappa shape index (κ3) is 3.81. The minimum Gasteiger partial charge on any atom is -0.337 e. The van der Waals surface area contributed by atoms with Crippen molar-refractivity contribution in [2.45, 2.75) is 25.3 Å². The first-order chi connectivity index (χ1) is 15.2. The zero-order valence-corrected chi connectivity index (χ0v) is 17.0. The number of hydrogen-bond acceptors (Lipinski definition) is 7. The van der Waals surface area contributed by atoms with Crippen LogP contribution in [-0.2, 0) is 7.05 Å². The van der Waals surface area contributed by atoms with Crippen molar-refractivity contribution in [1.82, 2.24) is 34.8 Å². The Hall–Kier alpha value is -3.88. The van der Waals surface area contributed by atoms with Crippen LogP contribution < -0.4 is 0 Å². The number of benzene rings is 1. The van der Waals surface area contributed by atoms with Crippen LogP contribution in [0.4, 0.5) is 0 Å². The molecule has 31 heavy (non-hydrogen) atoms. The average Bonchev–Trinajstić information content (AvgIpc) is 3.49. The first kappa shape index (κ1) is 19.1. The fourth-order valence-corrected chi connectivity index (χ4v) is 3.88. The van der Waals surface area contributed by atoms with E-state index in [0.717, 1.165) is 30.4 Å². The largest absolute Gasteiger partial charge is 0.337 e. The Labute approximate surface area is 178 Å². The predicted octanol–water partition coefficient (Wildman–Crippen LogP) is 3.29. The predicted molar refractivity (Wildman–Crippen MR) is 112 cm³/mol. The maximum Gasteiger partial charge on any atom is 0.254 e. The molecular formula is C22H21N7O2. The molecule has 9 nitrogen and oxygen atoms in total. The Morgan fingerprint density at radius 1 is 1.10 bits per heavy atom. The number of aromatic nitrogens is 6. The fourth-order valence-electron chi connectivity index (χ4n) is 3.88. The average molecular weight is 415 g/mol. The normalized spacial score (nSPS) is 16.4. The molecule has 0 bridgehead atoms. The van der Waals surface area contributed by atoms with E-state index in [1.165, 1.54) is 0 Å². The molecule has 1 atom stereocenters. The summed E-state index contributed by atoms with van der Waals surface area (Å²) < 4.78 is 7.27. The number of rotatable bonds is 4. The van der Waals surface area contributed by atoms with Gasteiger partial charge in [-0.15, -0.1) is 0 Å². The second kappa shape index (κ2) is 8.10. The summed E-state index contributed by atoms with van der Waals surface area (Å²) in [7, 11) is 1.87. The van der Waals surface area contributed by atoms with Gasteiger partial charge in [0.25, 0.3) is 5.91 Å². The van der Waals surface area contributed by atoms with Crippen molar-refractivity contribution in [1.29, 1.82) is 0 Å². The second-order valence-electron chi connectivity index (χ2n) is 7.52. The maximum absolute atomic E-state index is 13.4. The summed E-state index contributed by atoms with van der Waals surface area (Å²) in [6.07, 6.45) is 9.67. The third-order valence-electron chi connectivity index (χ3n) is 5.40. The molecule has 0 spiro atoms. The van der Waals surface area contributed by atoms with Gasteiger partial charge in [-0.25, -0.2) is 9.97 Å². The highest BCUT2D eigenvalue weighted by atomic mass is 16.5. The lowest BCUT2D eigenvalue weighted by molar-refractivity contribution is 0.0561. The molecule has 0 radical (unpaired) electrons. The molecule has 5 rings (SSSR count). The van der Waals surface area contributed by atoms with Crippen LogP contribution in [0.3, 0.4) is 0 Å². The van der Waals surface area contributed by atoms with Crippen molar-refractivity contribution in [3.8, 4) is 22.8 Å². The molecule has 0 N–H and O–H groups in total. The molecule has 1 unspecified atom stereocenters. The van der Waals surface area contributed by atoms with Crippen molar-refractivity contribution in [3.05, 3.63) is 66.6 Å². The molecule has 1 aliphatic heterocycles. The molecule has 156 valence electrons. The summed E-state index contributed by atoms with van der Waals surface area (Å²) in [5.74, 6) is 1.09. The van der Waals surface area contributed by atoms with Gasteiger partial charge in [0.2, 0.25) is 17.5 Å². The van der Waals surface area contributed by atoms with Gasteiger partial charge in [-0.05, 0) is 43.0 Å². The van der Waals surface area contributed by atoms with Crippen molar-refractivity contribution >= 4 is 5.91 Å². The molecule has 1 aliphatic rings. The van der Waals surface area contributed by atoms with E-state index in [1.54, 1.807) is 29.3 Å². The quantitative estimate of drug-likeness (QED) is 0.504. The smallest absolute Gasteiger partial charge is 0.254 e. The van der Waals surface area contributed by atoms with Crippen molar-refractivity contribution in [2.75, 3.05) is 6.54 Å². The first-order valence-corrected chi connectivity index (χ1v) is 10.2. The number of aryl methyl sites for hydroxylation is 1. The Balaban J connectivity index is 1.42. The van der Waals surface area contributed by atoms with E-state index in [-0.39, 0.29) is 11.9 Å². The Morgan fingerprint density at radius 2 is 1.97 bits per heavy atom. The molecule has 1 saturated heterocycles. The van der Waals surface area contributed by atoms with Gasteiger partial charge in [0.1, 0.15) is 6.04 Å². The molecular weight excluding hydrogens is 394 g/mol. The summed E-state index contributed by atoms with van der Waals surface area (Å²) in [4.78, 5) is 28.1. The highest BCUT2D eigenvalue weighted by Gasteiger charge is 2.33. The zero-order chi connectivity index (χ0) is 21.2. The van der Waals surface area contributed by atoms with Crippen LogP contribution >= 0.6 is 0 Å². The first-order valence-electron chi connectivity index (χ1n) is 10.2. The lowest BCUT2D eigenvalue weighted by atomic mass is 9.99. The molecule has 1 aromatic carbocycles. The van der Waals surface area contributed by atoms with Gasteiger partial charge in [0.05, 0.1) is 6.20 Å². The van der Waals surface area contributed by atoms with Crippen LogP contribution in [0.2, 0.25) is 0 Å². The summed E-state index contributed by atoms with van der Waals surface area (Å²) in [6.45, 7) is 0.639. The van der Waals surface area contributed by atoms with Crippen LogP contribution in [0.25, 0.3) is 22.8 Å².